The van der Waals surface area contributed by atoms with Crippen LogP contribution in [0.5, 0.6) is 11.5 Å². The Morgan fingerprint density at radius 3 is 2.70 bits per heavy atom. The van der Waals surface area contributed by atoms with Crippen molar-refractivity contribution < 1.29 is 9.66 Å². The van der Waals surface area contributed by atoms with Gasteiger partial charge >= 0.3 is 0 Å². The van der Waals surface area contributed by atoms with E-state index in [-0.39, 0.29) is 10.2 Å². The molecule has 0 aliphatic carbocycles. The summed E-state index contributed by atoms with van der Waals surface area (Å²) < 4.78 is 5.90. The van der Waals surface area contributed by atoms with E-state index in [0.717, 1.165) is 5.56 Å². The van der Waals surface area contributed by atoms with Gasteiger partial charge in [0.15, 0.2) is 0 Å². The molecule has 0 spiro atoms. The summed E-state index contributed by atoms with van der Waals surface area (Å²) >= 11 is 3.17. The molecule has 0 aliphatic rings. The molecule has 2 aromatic rings. The largest absolute Gasteiger partial charge is 0.456 e. The van der Waals surface area contributed by atoms with E-state index in [4.69, 9.17) is 10.00 Å². The maximum absolute atomic E-state index is 10.8. The molecule has 2 aromatic carbocycles. The monoisotopic (exact) mass is 332 g/mol. The Hall–Kier alpha value is -2.39. The fourth-order valence-electron chi connectivity index (χ4n) is 1.67. The van der Waals surface area contributed by atoms with Gasteiger partial charge in [-0.2, -0.15) is 5.26 Å². The van der Waals surface area contributed by atoms with Crippen molar-refractivity contribution in [2.75, 3.05) is 0 Å². The van der Waals surface area contributed by atoms with Gasteiger partial charge in [0.1, 0.15) is 16.0 Å². The maximum Gasteiger partial charge on any atom is 0.287 e. The topological polar surface area (TPSA) is 76.2 Å². The normalized spacial score (nSPS) is 9.85. The standard InChI is InChI=1S/C14H9BrN2O3/c1-9-7-11(6-5-10(9)8-16)20-13-4-2-3-12(14(13)15)17(18)19/h2-7H,1H3. The second kappa shape index (κ2) is 5.72. The molecule has 0 N–H and O–H groups in total. The number of nitro groups is 1. The van der Waals surface area contributed by atoms with Gasteiger partial charge in [-0.05, 0) is 52.7 Å². The second-order valence-electron chi connectivity index (χ2n) is 4.04. The van der Waals surface area contributed by atoms with Crippen LogP contribution in [-0.4, -0.2) is 4.92 Å². The SMILES string of the molecule is Cc1cc(Oc2cccc([N+](=O)[O-])c2Br)ccc1C#N. The lowest BCUT2D eigenvalue weighted by atomic mass is 10.1. The highest BCUT2D eigenvalue weighted by atomic mass is 79.9. The number of aryl methyl sites for hydroxylation is 1. The molecule has 0 saturated heterocycles. The molecule has 0 radical (unpaired) electrons. The summed E-state index contributed by atoms with van der Waals surface area (Å²) in [6.45, 7) is 1.80. The third-order valence-electron chi connectivity index (χ3n) is 2.69. The number of halogens is 1. The van der Waals surface area contributed by atoms with E-state index in [0.29, 0.717) is 17.1 Å². The fraction of sp³-hybridized carbons (Fsp3) is 0.0714. The predicted octanol–water partition coefficient (Wildman–Crippen LogP) is 4.33. The second-order valence-corrected chi connectivity index (χ2v) is 4.83. The molecule has 0 atom stereocenters. The lowest BCUT2D eigenvalue weighted by Crippen LogP contribution is -1.93. The minimum absolute atomic E-state index is 0.0622. The lowest BCUT2D eigenvalue weighted by molar-refractivity contribution is -0.385. The summed E-state index contributed by atoms with van der Waals surface area (Å²) in [7, 11) is 0. The summed E-state index contributed by atoms with van der Waals surface area (Å²) in [5.74, 6) is 0.867. The third kappa shape index (κ3) is 2.78. The predicted molar refractivity (Wildman–Crippen MR) is 76.8 cm³/mol. The molecule has 0 unspecified atom stereocenters. The Kier molecular flexibility index (Phi) is 4.01. The summed E-state index contributed by atoms with van der Waals surface area (Å²) in [4.78, 5) is 10.4. The zero-order chi connectivity index (χ0) is 14.7. The first kappa shape index (κ1) is 14.0. The van der Waals surface area contributed by atoms with Crippen molar-refractivity contribution >= 4 is 21.6 Å². The molecule has 2 rings (SSSR count). The zero-order valence-corrected chi connectivity index (χ0v) is 12.0. The zero-order valence-electron chi connectivity index (χ0n) is 10.5. The van der Waals surface area contributed by atoms with E-state index >= 15 is 0 Å². The van der Waals surface area contributed by atoms with Gasteiger partial charge in [-0.15, -0.1) is 0 Å². The molecule has 6 heteroatoms. The molecule has 100 valence electrons. The van der Waals surface area contributed by atoms with Crippen molar-refractivity contribution in [1.82, 2.24) is 0 Å². The minimum atomic E-state index is -0.485. The quantitative estimate of drug-likeness (QED) is 0.619. The molecular formula is C14H9BrN2O3. The van der Waals surface area contributed by atoms with Crippen LogP contribution in [0.3, 0.4) is 0 Å². The molecule has 0 aromatic heterocycles. The van der Waals surface area contributed by atoms with Gasteiger partial charge in [0, 0.05) is 6.07 Å². The number of rotatable bonds is 3. The van der Waals surface area contributed by atoms with E-state index in [1.165, 1.54) is 6.07 Å². The first-order valence-electron chi connectivity index (χ1n) is 5.64. The highest BCUT2D eigenvalue weighted by Gasteiger charge is 2.16. The van der Waals surface area contributed by atoms with Crippen molar-refractivity contribution in [1.29, 1.82) is 5.26 Å². The third-order valence-corrected chi connectivity index (χ3v) is 3.48. The van der Waals surface area contributed by atoms with Gasteiger partial charge in [0.25, 0.3) is 5.69 Å². The maximum atomic E-state index is 10.8. The van der Waals surface area contributed by atoms with Gasteiger partial charge in [-0.1, -0.05) is 6.07 Å². The smallest absolute Gasteiger partial charge is 0.287 e. The number of ether oxygens (including phenoxy) is 1. The fourth-order valence-corrected chi connectivity index (χ4v) is 2.16. The molecule has 0 bridgehead atoms. The first-order chi connectivity index (χ1) is 9.52. The van der Waals surface area contributed by atoms with Gasteiger partial charge in [-0.25, -0.2) is 0 Å². The first-order valence-corrected chi connectivity index (χ1v) is 6.43. The van der Waals surface area contributed by atoms with E-state index < -0.39 is 4.92 Å². The Morgan fingerprint density at radius 1 is 1.35 bits per heavy atom. The highest BCUT2D eigenvalue weighted by Crippen LogP contribution is 2.36. The van der Waals surface area contributed by atoms with Crippen LogP contribution in [0, 0.1) is 28.4 Å². The van der Waals surface area contributed by atoms with Crippen molar-refractivity contribution in [2.24, 2.45) is 0 Å². The summed E-state index contributed by atoms with van der Waals surface area (Å²) in [6.07, 6.45) is 0. The van der Waals surface area contributed by atoms with Crippen LogP contribution in [0.4, 0.5) is 5.69 Å². The molecule has 0 heterocycles. The highest BCUT2D eigenvalue weighted by molar-refractivity contribution is 9.10. The van der Waals surface area contributed by atoms with E-state index in [1.54, 1.807) is 37.3 Å². The Morgan fingerprint density at radius 2 is 2.10 bits per heavy atom. The van der Waals surface area contributed by atoms with Crippen LogP contribution < -0.4 is 4.74 Å². The summed E-state index contributed by atoms with van der Waals surface area (Å²) in [5, 5.41) is 19.7. The van der Waals surface area contributed by atoms with Crippen LogP contribution in [0.15, 0.2) is 40.9 Å². The van der Waals surface area contributed by atoms with Crippen LogP contribution in [0.25, 0.3) is 0 Å². The molecular weight excluding hydrogens is 324 g/mol. The number of nitriles is 1. The Balaban J connectivity index is 2.36. The number of nitro benzene ring substituents is 1. The molecule has 0 amide bonds. The average molecular weight is 333 g/mol. The van der Waals surface area contributed by atoms with Crippen molar-refractivity contribution in [3.05, 3.63) is 62.1 Å². The van der Waals surface area contributed by atoms with Gasteiger partial charge in [-0.3, -0.25) is 10.1 Å². The van der Waals surface area contributed by atoms with Crippen molar-refractivity contribution in [3.8, 4) is 17.6 Å². The molecule has 20 heavy (non-hydrogen) atoms. The molecule has 0 aliphatic heterocycles. The van der Waals surface area contributed by atoms with E-state index in [9.17, 15) is 10.1 Å². The number of hydrogen-bond acceptors (Lipinski definition) is 4. The molecule has 0 fully saturated rings. The van der Waals surface area contributed by atoms with Crippen LogP contribution in [0.1, 0.15) is 11.1 Å². The van der Waals surface area contributed by atoms with Gasteiger partial charge < -0.3 is 4.74 Å². The van der Waals surface area contributed by atoms with Crippen molar-refractivity contribution in [3.63, 3.8) is 0 Å². The number of nitrogens with zero attached hydrogens (tertiary/aromatic N) is 2. The lowest BCUT2D eigenvalue weighted by Gasteiger charge is -2.09. The number of hydrogen-bond donors (Lipinski definition) is 0. The molecule has 0 saturated carbocycles. The van der Waals surface area contributed by atoms with Gasteiger partial charge in [0.05, 0.1) is 16.6 Å². The van der Waals surface area contributed by atoms with Gasteiger partial charge in [0.2, 0.25) is 0 Å². The van der Waals surface area contributed by atoms with E-state index in [1.807, 2.05) is 0 Å². The van der Waals surface area contributed by atoms with Crippen molar-refractivity contribution in [2.45, 2.75) is 6.92 Å². The van der Waals surface area contributed by atoms with Crippen LogP contribution >= 0.6 is 15.9 Å². The molecule has 5 nitrogen and oxygen atoms in total. The minimum Gasteiger partial charge on any atom is -0.456 e. The summed E-state index contributed by atoms with van der Waals surface area (Å²) in [6, 6.07) is 11.6. The van der Waals surface area contributed by atoms with Crippen LogP contribution in [-0.2, 0) is 0 Å². The summed E-state index contributed by atoms with van der Waals surface area (Å²) in [5.41, 5.74) is 1.29. The van der Waals surface area contributed by atoms with Crippen LogP contribution in [0.2, 0.25) is 0 Å². The van der Waals surface area contributed by atoms with E-state index in [2.05, 4.69) is 22.0 Å². The Bertz CT molecular complexity index is 723. The average Bonchev–Trinajstić information content (AvgIpc) is 2.41. The Labute approximate surface area is 123 Å². The number of benzene rings is 2.